The second-order valence-electron chi connectivity index (χ2n) is 8.48. The Hall–Kier alpha value is -1.81. The van der Waals surface area contributed by atoms with Gasteiger partial charge in [-0.15, -0.1) is 0 Å². The number of carbonyl (C=O) groups excluding carboxylic acids is 1. The van der Waals surface area contributed by atoms with Crippen molar-refractivity contribution in [1.29, 1.82) is 5.26 Å². The minimum atomic E-state index is -0.822. The van der Waals surface area contributed by atoms with Gasteiger partial charge in [-0.1, -0.05) is 0 Å². The second-order valence-corrected chi connectivity index (χ2v) is 8.48. The number of nitrogens with zero attached hydrogens (tertiary/aromatic N) is 3. The van der Waals surface area contributed by atoms with Crippen molar-refractivity contribution in [3.63, 3.8) is 0 Å². The summed E-state index contributed by atoms with van der Waals surface area (Å²) in [6.45, 7) is 5.50. The Morgan fingerprint density at radius 2 is 1.96 bits per heavy atom. The Labute approximate surface area is 161 Å². The maximum absolute atomic E-state index is 12.4. The zero-order valence-electron chi connectivity index (χ0n) is 16.4. The summed E-state index contributed by atoms with van der Waals surface area (Å²) in [5.74, 6) is 1.76. The van der Waals surface area contributed by atoms with Gasteiger partial charge in [0.1, 0.15) is 6.04 Å². The number of carbonyl (C=O) groups is 2. The Balaban J connectivity index is 1.44. The lowest BCUT2D eigenvalue weighted by molar-refractivity contribution is -0.130. The second kappa shape index (κ2) is 8.47. The third-order valence-electron chi connectivity index (χ3n) is 7.08. The molecular weight excluding hydrogens is 344 g/mol. The molecule has 2 amide bonds. The molecule has 1 saturated heterocycles. The zero-order valence-corrected chi connectivity index (χ0v) is 16.4. The number of carboxylic acid groups (broad SMARTS) is 1. The van der Waals surface area contributed by atoms with Gasteiger partial charge in [0.25, 0.3) is 0 Å². The van der Waals surface area contributed by atoms with Crippen molar-refractivity contribution in [2.75, 3.05) is 19.6 Å². The van der Waals surface area contributed by atoms with Crippen molar-refractivity contribution in [1.82, 2.24) is 15.1 Å². The summed E-state index contributed by atoms with van der Waals surface area (Å²) in [5.41, 5.74) is 0. The normalized spacial score (nSPS) is 33.5. The topological polar surface area (TPSA) is 96.7 Å². The Kier molecular flexibility index (Phi) is 6.25. The molecule has 2 saturated carbocycles. The number of amides is 2. The smallest absolute Gasteiger partial charge is 0.407 e. The largest absolute Gasteiger partial charge is 0.465 e. The highest BCUT2D eigenvalue weighted by Gasteiger charge is 2.44. The predicted molar refractivity (Wildman–Crippen MR) is 101 cm³/mol. The quantitative estimate of drug-likeness (QED) is 0.741. The predicted octanol–water partition coefficient (Wildman–Crippen LogP) is 2.28. The number of rotatable bonds is 6. The lowest BCUT2D eigenvalue weighted by Crippen LogP contribution is -2.43. The first-order chi connectivity index (χ1) is 12.9. The number of nitrogens with one attached hydrogen (secondary N) is 1. The molecule has 27 heavy (non-hydrogen) atoms. The van der Waals surface area contributed by atoms with Crippen LogP contribution < -0.4 is 5.32 Å². The minimum absolute atomic E-state index is 0.0441. The molecule has 1 aliphatic heterocycles. The van der Waals surface area contributed by atoms with E-state index in [1.165, 1.54) is 0 Å². The van der Waals surface area contributed by atoms with Gasteiger partial charge < -0.3 is 20.2 Å². The monoisotopic (exact) mass is 376 g/mol. The van der Waals surface area contributed by atoms with Crippen LogP contribution in [0.15, 0.2) is 0 Å². The molecule has 3 aliphatic rings. The third kappa shape index (κ3) is 4.21. The van der Waals surface area contributed by atoms with Crippen LogP contribution >= 0.6 is 0 Å². The van der Waals surface area contributed by atoms with Crippen molar-refractivity contribution in [2.24, 2.45) is 17.8 Å². The fourth-order valence-corrected chi connectivity index (χ4v) is 5.61. The SMILES string of the molecule is CCN(C(=O)O)C(C)C1CC2CC(NCC(=O)N3CCCC3C#N)CC2C1. The van der Waals surface area contributed by atoms with Crippen molar-refractivity contribution >= 4 is 12.0 Å². The zero-order chi connectivity index (χ0) is 19.6. The van der Waals surface area contributed by atoms with Crippen LogP contribution in [0.4, 0.5) is 4.79 Å². The molecule has 0 spiro atoms. The maximum Gasteiger partial charge on any atom is 0.407 e. The van der Waals surface area contributed by atoms with Gasteiger partial charge in [0.15, 0.2) is 0 Å². The van der Waals surface area contributed by atoms with E-state index in [1.807, 2.05) is 13.8 Å². The summed E-state index contributed by atoms with van der Waals surface area (Å²) in [4.78, 5) is 27.0. The van der Waals surface area contributed by atoms with Crippen LogP contribution in [0, 0.1) is 29.1 Å². The van der Waals surface area contributed by atoms with Gasteiger partial charge in [-0.3, -0.25) is 4.79 Å². The van der Waals surface area contributed by atoms with E-state index in [4.69, 9.17) is 5.26 Å². The molecule has 0 radical (unpaired) electrons. The van der Waals surface area contributed by atoms with E-state index >= 15 is 0 Å². The fourth-order valence-electron chi connectivity index (χ4n) is 5.61. The molecule has 1 heterocycles. The first-order valence-corrected chi connectivity index (χ1v) is 10.4. The number of likely N-dealkylation sites (tertiary alicyclic amines) is 1. The van der Waals surface area contributed by atoms with E-state index in [0.29, 0.717) is 43.4 Å². The van der Waals surface area contributed by atoms with E-state index in [1.54, 1.807) is 9.80 Å². The van der Waals surface area contributed by atoms with Gasteiger partial charge in [0.2, 0.25) is 5.91 Å². The summed E-state index contributed by atoms with van der Waals surface area (Å²) in [6, 6.07) is 2.41. The van der Waals surface area contributed by atoms with Crippen LogP contribution in [0.3, 0.4) is 0 Å². The Morgan fingerprint density at radius 1 is 1.30 bits per heavy atom. The van der Waals surface area contributed by atoms with Crippen LogP contribution in [-0.4, -0.2) is 64.7 Å². The molecule has 4 unspecified atom stereocenters. The summed E-state index contributed by atoms with van der Waals surface area (Å²) in [7, 11) is 0. The van der Waals surface area contributed by atoms with Crippen LogP contribution in [0.1, 0.15) is 52.4 Å². The molecule has 2 aliphatic carbocycles. The average molecular weight is 377 g/mol. The van der Waals surface area contributed by atoms with Gasteiger partial charge in [0.05, 0.1) is 12.6 Å². The average Bonchev–Trinajstić information content (AvgIpc) is 3.33. The Bertz CT molecular complexity index is 591. The highest BCUT2D eigenvalue weighted by molar-refractivity contribution is 5.79. The van der Waals surface area contributed by atoms with E-state index < -0.39 is 6.09 Å². The maximum atomic E-state index is 12.4. The van der Waals surface area contributed by atoms with E-state index in [-0.39, 0.29) is 18.0 Å². The molecule has 0 aromatic rings. The molecular formula is C20H32N4O3. The molecule has 3 fully saturated rings. The summed E-state index contributed by atoms with van der Waals surface area (Å²) >= 11 is 0. The van der Waals surface area contributed by atoms with Gasteiger partial charge in [-0.05, 0) is 70.1 Å². The van der Waals surface area contributed by atoms with Crippen LogP contribution in [0.5, 0.6) is 0 Å². The lowest BCUT2D eigenvalue weighted by Gasteiger charge is -2.30. The molecule has 7 nitrogen and oxygen atoms in total. The number of fused-ring (bicyclic) bond motifs is 1. The molecule has 2 N–H and O–H groups in total. The van der Waals surface area contributed by atoms with Crippen LogP contribution in [0.2, 0.25) is 0 Å². The van der Waals surface area contributed by atoms with Gasteiger partial charge >= 0.3 is 6.09 Å². The molecule has 0 aromatic carbocycles. The van der Waals surface area contributed by atoms with Gasteiger partial charge in [-0.2, -0.15) is 5.26 Å². The van der Waals surface area contributed by atoms with E-state index in [0.717, 1.165) is 38.5 Å². The molecule has 0 aromatic heterocycles. The van der Waals surface area contributed by atoms with Crippen LogP contribution in [-0.2, 0) is 4.79 Å². The fraction of sp³-hybridized carbons (Fsp3) is 0.850. The van der Waals surface area contributed by atoms with Crippen molar-refractivity contribution < 1.29 is 14.7 Å². The molecule has 7 heteroatoms. The Morgan fingerprint density at radius 3 is 2.52 bits per heavy atom. The van der Waals surface area contributed by atoms with E-state index in [9.17, 15) is 14.7 Å². The number of nitriles is 1. The summed E-state index contributed by atoms with van der Waals surface area (Å²) in [6.07, 6.45) is 5.21. The van der Waals surface area contributed by atoms with Gasteiger partial charge in [0, 0.05) is 25.2 Å². The summed E-state index contributed by atoms with van der Waals surface area (Å²) in [5, 5.41) is 21.9. The van der Waals surface area contributed by atoms with Crippen molar-refractivity contribution in [3.8, 4) is 6.07 Å². The molecule has 4 atom stereocenters. The van der Waals surface area contributed by atoms with Crippen LogP contribution in [0.25, 0.3) is 0 Å². The first kappa shape index (κ1) is 19.9. The van der Waals surface area contributed by atoms with Crippen molar-refractivity contribution in [2.45, 2.75) is 70.5 Å². The lowest BCUT2D eigenvalue weighted by atomic mass is 9.94. The summed E-state index contributed by atoms with van der Waals surface area (Å²) < 4.78 is 0. The highest BCUT2D eigenvalue weighted by Crippen LogP contribution is 2.48. The minimum Gasteiger partial charge on any atom is -0.465 e. The molecule has 3 rings (SSSR count). The highest BCUT2D eigenvalue weighted by atomic mass is 16.4. The number of hydrogen-bond donors (Lipinski definition) is 2. The molecule has 0 bridgehead atoms. The molecule has 150 valence electrons. The first-order valence-electron chi connectivity index (χ1n) is 10.4. The number of hydrogen-bond acceptors (Lipinski definition) is 4. The van der Waals surface area contributed by atoms with E-state index in [2.05, 4.69) is 11.4 Å². The van der Waals surface area contributed by atoms with Crippen molar-refractivity contribution in [3.05, 3.63) is 0 Å². The van der Waals surface area contributed by atoms with Gasteiger partial charge in [-0.25, -0.2) is 4.79 Å². The standard InChI is InChI=1S/C20H32N4O3/c1-3-23(20(26)27)13(2)14-7-15-9-17(10-16(15)8-14)22-12-19(25)24-6-4-5-18(24)11-21/h13-18,22H,3-10,12H2,1-2H3,(H,26,27). The third-order valence-corrected chi connectivity index (χ3v) is 7.08.